The Kier molecular flexibility index (Phi) is 6.17. The molecule has 4 nitrogen and oxygen atoms in total. The molecule has 2 rings (SSSR count). The van der Waals surface area contributed by atoms with Gasteiger partial charge in [0.2, 0.25) is 0 Å². The highest BCUT2D eigenvalue weighted by Gasteiger charge is 2.32. The molecule has 0 saturated carbocycles. The molecule has 2 atom stereocenters. The van der Waals surface area contributed by atoms with E-state index in [4.69, 9.17) is 4.74 Å². The van der Waals surface area contributed by atoms with E-state index in [-0.39, 0.29) is 11.2 Å². The number of para-hydroxylation sites is 1. The van der Waals surface area contributed by atoms with E-state index in [1.807, 2.05) is 11.8 Å². The summed E-state index contributed by atoms with van der Waals surface area (Å²) in [5.74, 6) is -0.354. The summed E-state index contributed by atoms with van der Waals surface area (Å²) < 4.78 is 42.6. The third kappa shape index (κ3) is 4.31. The van der Waals surface area contributed by atoms with Crippen LogP contribution in [0.25, 0.3) is 0 Å². The Labute approximate surface area is 140 Å². The lowest BCUT2D eigenvalue weighted by Crippen LogP contribution is -2.41. The molecule has 1 fully saturated rings. The summed E-state index contributed by atoms with van der Waals surface area (Å²) >= 11 is -2.27. The number of piperidine rings is 1. The molecule has 0 amide bonds. The van der Waals surface area contributed by atoms with Gasteiger partial charge in [0.15, 0.2) is 0 Å². The van der Waals surface area contributed by atoms with Gasteiger partial charge in [-0.15, -0.1) is 0 Å². The van der Waals surface area contributed by atoms with Crippen LogP contribution in [0.3, 0.4) is 0 Å². The molecule has 1 heterocycles. The predicted octanol–water partition coefficient (Wildman–Crippen LogP) is 3.41. The summed E-state index contributed by atoms with van der Waals surface area (Å²) in [6, 6.07) is 4.67. The number of halogens is 1. The highest BCUT2D eigenvalue weighted by atomic mass is 32.2. The first-order valence-corrected chi connectivity index (χ1v) is 9.21. The highest BCUT2D eigenvalue weighted by Crippen LogP contribution is 2.37. The van der Waals surface area contributed by atoms with E-state index in [9.17, 15) is 13.2 Å². The molecule has 6 heteroatoms. The fraction of sp³-hybridized carbons (Fsp3) is 0.647. The molecule has 2 unspecified atom stereocenters. The predicted molar refractivity (Wildman–Crippen MR) is 89.8 cm³/mol. The molecule has 0 aromatic heterocycles. The van der Waals surface area contributed by atoms with Crippen LogP contribution in [0.5, 0.6) is 0 Å². The lowest BCUT2D eigenvalue weighted by Gasteiger charge is -2.41. The van der Waals surface area contributed by atoms with E-state index >= 15 is 0 Å². The Balaban J connectivity index is 2.19. The van der Waals surface area contributed by atoms with Gasteiger partial charge in [-0.25, -0.2) is 4.39 Å². The van der Waals surface area contributed by atoms with E-state index in [1.54, 1.807) is 19.1 Å². The van der Waals surface area contributed by atoms with Crippen LogP contribution in [0.2, 0.25) is 0 Å². The average Bonchev–Trinajstić information content (AvgIpc) is 2.53. The molecule has 1 aromatic rings. The van der Waals surface area contributed by atoms with Crippen LogP contribution in [0.15, 0.2) is 18.2 Å². The summed E-state index contributed by atoms with van der Waals surface area (Å²) in [6.07, 6.45) is 1.80. The van der Waals surface area contributed by atoms with Crippen LogP contribution in [-0.4, -0.2) is 35.1 Å². The normalized spacial score (nSPS) is 20.3. The Morgan fingerprint density at radius 2 is 2.09 bits per heavy atom. The van der Waals surface area contributed by atoms with Gasteiger partial charge in [-0.2, -0.15) is 0 Å². The maximum absolute atomic E-state index is 14.4. The van der Waals surface area contributed by atoms with Gasteiger partial charge in [-0.3, -0.25) is 4.21 Å². The standard InChI is InChI=1S/C17H26FNO3S/c1-4-22-12-17(3)8-10-19(11-9-17)16-14(13(2)23(20)21)6-5-7-15(16)18/h5-7,13H,4,8-12H2,1-3H3,(H,20,21)/p-1. The third-order valence-electron chi connectivity index (χ3n) is 4.69. The maximum atomic E-state index is 14.4. The fourth-order valence-electron chi connectivity index (χ4n) is 3.06. The number of benzene rings is 1. The third-order valence-corrected chi connectivity index (χ3v) is 5.52. The molecule has 0 N–H and O–H groups in total. The van der Waals surface area contributed by atoms with Crippen LogP contribution in [0.1, 0.15) is 44.4 Å². The first-order chi connectivity index (χ1) is 10.9. The summed E-state index contributed by atoms with van der Waals surface area (Å²) in [4.78, 5) is 1.97. The lowest BCUT2D eigenvalue weighted by atomic mass is 9.81. The number of nitrogens with zero attached hydrogens (tertiary/aromatic N) is 1. The van der Waals surface area contributed by atoms with Crippen LogP contribution in [0.4, 0.5) is 10.1 Å². The minimum Gasteiger partial charge on any atom is -0.772 e. The van der Waals surface area contributed by atoms with Gasteiger partial charge >= 0.3 is 0 Å². The topological polar surface area (TPSA) is 52.6 Å². The van der Waals surface area contributed by atoms with Crippen molar-refractivity contribution in [2.75, 3.05) is 31.2 Å². The molecule has 0 spiro atoms. The van der Waals surface area contributed by atoms with Crippen LogP contribution >= 0.6 is 0 Å². The van der Waals surface area contributed by atoms with E-state index in [1.165, 1.54) is 6.07 Å². The van der Waals surface area contributed by atoms with Gasteiger partial charge in [0.25, 0.3) is 0 Å². The molecule has 23 heavy (non-hydrogen) atoms. The maximum Gasteiger partial charge on any atom is 0.146 e. The van der Waals surface area contributed by atoms with E-state index in [0.29, 0.717) is 37.6 Å². The van der Waals surface area contributed by atoms with Crippen molar-refractivity contribution in [1.29, 1.82) is 0 Å². The van der Waals surface area contributed by atoms with Gasteiger partial charge in [-0.1, -0.05) is 19.1 Å². The Morgan fingerprint density at radius 3 is 2.65 bits per heavy atom. The second-order valence-corrected chi connectivity index (χ2v) is 7.74. The zero-order chi connectivity index (χ0) is 17.0. The Bertz CT molecular complexity index is 559. The second-order valence-electron chi connectivity index (χ2n) is 6.52. The molecule has 1 aliphatic heterocycles. The van der Waals surface area contributed by atoms with E-state index in [0.717, 1.165) is 12.8 Å². The van der Waals surface area contributed by atoms with Crippen molar-refractivity contribution in [2.45, 2.75) is 38.9 Å². The fourth-order valence-corrected chi connectivity index (χ4v) is 3.46. The van der Waals surface area contributed by atoms with Gasteiger partial charge in [-0.05, 0) is 54.8 Å². The molecule has 0 aliphatic carbocycles. The summed E-state index contributed by atoms with van der Waals surface area (Å²) in [5, 5.41) is -0.725. The summed E-state index contributed by atoms with van der Waals surface area (Å²) in [6.45, 7) is 8.58. The van der Waals surface area contributed by atoms with Crippen LogP contribution < -0.4 is 4.90 Å². The zero-order valence-corrected chi connectivity index (χ0v) is 14.8. The van der Waals surface area contributed by atoms with Crippen LogP contribution in [0, 0.1) is 11.2 Å². The average molecular weight is 342 g/mol. The molecule has 1 saturated heterocycles. The first-order valence-electron chi connectivity index (χ1n) is 8.07. The van der Waals surface area contributed by atoms with E-state index < -0.39 is 16.3 Å². The molecule has 1 aliphatic rings. The first kappa shape index (κ1) is 18.4. The smallest absolute Gasteiger partial charge is 0.146 e. The number of rotatable bonds is 6. The number of hydrogen-bond donors (Lipinski definition) is 0. The summed E-state index contributed by atoms with van der Waals surface area (Å²) in [5.41, 5.74) is 1.07. The van der Waals surface area contributed by atoms with Crippen molar-refractivity contribution in [1.82, 2.24) is 0 Å². The van der Waals surface area contributed by atoms with Crippen molar-refractivity contribution in [3.63, 3.8) is 0 Å². The molecule has 130 valence electrons. The van der Waals surface area contributed by atoms with Crippen molar-refractivity contribution in [3.05, 3.63) is 29.6 Å². The number of hydrogen-bond acceptors (Lipinski definition) is 4. The molecular formula is C17H25FNO3S-. The van der Waals surface area contributed by atoms with Crippen molar-refractivity contribution >= 4 is 16.8 Å². The number of ether oxygens (including phenoxy) is 1. The van der Waals surface area contributed by atoms with Crippen molar-refractivity contribution < 1.29 is 17.9 Å². The van der Waals surface area contributed by atoms with Crippen LogP contribution in [-0.2, 0) is 15.8 Å². The van der Waals surface area contributed by atoms with Gasteiger partial charge < -0.3 is 14.2 Å². The number of anilines is 1. The largest absolute Gasteiger partial charge is 0.772 e. The van der Waals surface area contributed by atoms with Gasteiger partial charge in [0.1, 0.15) is 5.82 Å². The second kappa shape index (κ2) is 7.73. The molecule has 0 bridgehead atoms. The lowest BCUT2D eigenvalue weighted by molar-refractivity contribution is 0.0458. The Morgan fingerprint density at radius 1 is 1.43 bits per heavy atom. The zero-order valence-electron chi connectivity index (χ0n) is 14.0. The van der Waals surface area contributed by atoms with Gasteiger partial charge in [0.05, 0.1) is 12.3 Å². The SMILES string of the molecule is CCOCC1(C)CCN(c2c(F)cccc2C(C)S(=O)[O-])CC1. The quantitative estimate of drug-likeness (QED) is 0.744. The minimum absolute atomic E-state index is 0.102. The monoisotopic (exact) mass is 342 g/mol. The molecule has 1 aromatic carbocycles. The minimum atomic E-state index is -2.27. The van der Waals surface area contributed by atoms with E-state index in [2.05, 4.69) is 6.92 Å². The van der Waals surface area contributed by atoms with Crippen molar-refractivity contribution in [3.8, 4) is 0 Å². The molecule has 0 radical (unpaired) electrons. The van der Waals surface area contributed by atoms with Gasteiger partial charge in [0, 0.05) is 24.9 Å². The molecular weight excluding hydrogens is 317 g/mol. The Hall–Kier alpha value is -0.980. The highest BCUT2D eigenvalue weighted by molar-refractivity contribution is 7.79. The summed E-state index contributed by atoms with van der Waals surface area (Å²) in [7, 11) is 0. The van der Waals surface area contributed by atoms with Crippen molar-refractivity contribution in [2.24, 2.45) is 5.41 Å².